The van der Waals surface area contributed by atoms with Gasteiger partial charge in [-0.3, -0.25) is 0 Å². The molecule has 1 unspecified atom stereocenters. The zero-order valence-corrected chi connectivity index (χ0v) is 9.57. The van der Waals surface area contributed by atoms with Gasteiger partial charge in [0.2, 0.25) is 0 Å². The van der Waals surface area contributed by atoms with E-state index in [1.165, 1.54) is 6.07 Å². The summed E-state index contributed by atoms with van der Waals surface area (Å²) in [6.45, 7) is 1.42. The molecule has 1 aromatic carbocycles. The molecule has 1 atom stereocenters. The van der Waals surface area contributed by atoms with Crippen LogP contribution in [0.5, 0.6) is 5.75 Å². The third-order valence-electron chi connectivity index (χ3n) is 2.92. The summed E-state index contributed by atoms with van der Waals surface area (Å²) in [5.74, 6) is -0.872. The Labute approximate surface area is 101 Å². The number of aromatic hydroxyl groups is 1. The molecule has 1 saturated heterocycles. The molecular weight excluding hydrogens is 255 g/mol. The van der Waals surface area contributed by atoms with Gasteiger partial charge in [0.15, 0.2) is 0 Å². The van der Waals surface area contributed by atoms with E-state index in [0.717, 1.165) is 19.0 Å². The Morgan fingerprint density at radius 1 is 1.35 bits per heavy atom. The van der Waals surface area contributed by atoms with Crippen LogP contribution >= 0.6 is 11.6 Å². The molecule has 1 aliphatic heterocycles. The molecular formula is C11H11ClF3NO. The fraction of sp³-hybridized carbons (Fsp3) is 0.455. The van der Waals surface area contributed by atoms with E-state index >= 15 is 0 Å². The van der Waals surface area contributed by atoms with Gasteiger partial charge >= 0.3 is 6.18 Å². The van der Waals surface area contributed by atoms with Gasteiger partial charge in [0, 0.05) is 6.54 Å². The summed E-state index contributed by atoms with van der Waals surface area (Å²) >= 11 is 5.63. The Balaban J connectivity index is 2.45. The van der Waals surface area contributed by atoms with Crippen molar-refractivity contribution in [3.63, 3.8) is 0 Å². The number of benzene rings is 1. The van der Waals surface area contributed by atoms with Crippen LogP contribution in [0.2, 0.25) is 5.02 Å². The number of hydrogen-bond acceptors (Lipinski definition) is 2. The van der Waals surface area contributed by atoms with Crippen molar-refractivity contribution in [3.05, 3.63) is 28.3 Å². The van der Waals surface area contributed by atoms with Crippen molar-refractivity contribution in [3.8, 4) is 5.75 Å². The lowest BCUT2D eigenvalue weighted by Gasteiger charge is -2.15. The van der Waals surface area contributed by atoms with Crippen LogP contribution in [0.3, 0.4) is 0 Å². The minimum atomic E-state index is -4.59. The molecule has 0 amide bonds. The van der Waals surface area contributed by atoms with Crippen LogP contribution in [-0.4, -0.2) is 18.2 Å². The van der Waals surface area contributed by atoms with E-state index in [9.17, 15) is 18.3 Å². The molecule has 0 saturated carbocycles. The minimum absolute atomic E-state index is 0.0224. The molecule has 2 N–H and O–H groups in total. The molecule has 0 spiro atoms. The molecule has 0 bridgehead atoms. The van der Waals surface area contributed by atoms with E-state index in [-0.39, 0.29) is 10.9 Å². The maximum absolute atomic E-state index is 12.7. The van der Waals surface area contributed by atoms with Gasteiger partial charge in [0.1, 0.15) is 5.75 Å². The molecule has 0 aromatic heterocycles. The van der Waals surface area contributed by atoms with Crippen LogP contribution in [0.4, 0.5) is 13.2 Å². The Morgan fingerprint density at radius 2 is 2.06 bits per heavy atom. The summed E-state index contributed by atoms with van der Waals surface area (Å²) < 4.78 is 38.0. The lowest BCUT2D eigenvalue weighted by Crippen LogP contribution is -2.10. The lowest BCUT2D eigenvalue weighted by atomic mass is 9.96. The molecule has 1 aliphatic rings. The smallest absolute Gasteiger partial charge is 0.420 e. The monoisotopic (exact) mass is 265 g/mol. The van der Waals surface area contributed by atoms with Crippen LogP contribution < -0.4 is 5.32 Å². The normalized spacial score (nSPS) is 20.8. The highest BCUT2D eigenvalue weighted by Crippen LogP contribution is 2.42. The molecule has 2 rings (SSSR count). The Morgan fingerprint density at radius 3 is 2.59 bits per heavy atom. The highest BCUT2D eigenvalue weighted by atomic mass is 35.5. The fourth-order valence-corrected chi connectivity index (χ4v) is 2.24. The first kappa shape index (κ1) is 12.5. The van der Waals surface area contributed by atoms with E-state index in [0.29, 0.717) is 12.1 Å². The van der Waals surface area contributed by atoms with Crippen molar-refractivity contribution < 1.29 is 18.3 Å². The van der Waals surface area contributed by atoms with Crippen molar-refractivity contribution in [2.24, 2.45) is 0 Å². The van der Waals surface area contributed by atoms with Crippen molar-refractivity contribution in [2.45, 2.75) is 18.5 Å². The summed E-state index contributed by atoms with van der Waals surface area (Å²) in [5, 5.41) is 12.2. The molecule has 1 heterocycles. The predicted molar refractivity (Wildman–Crippen MR) is 58.3 cm³/mol. The zero-order chi connectivity index (χ0) is 12.6. The summed E-state index contributed by atoms with van der Waals surface area (Å²) in [5.41, 5.74) is -0.544. The third kappa shape index (κ3) is 2.50. The Kier molecular flexibility index (Phi) is 3.23. The second-order valence-electron chi connectivity index (χ2n) is 4.09. The van der Waals surface area contributed by atoms with Crippen LogP contribution in [0.1, 0.15) is 23.5 Å². The number of halogens is 4. The van der Waals surface area contributed by atoms with Gasteiger partial charge in [0.25, 0.3) is 0 Å². The van der Waals surface area contributed by atoms with Crippen molar-refractivity contribution in [1.82, 2.24) is 5.32 Å². The highest BCUT2D eigenvalue weighted by Gasteiger charge is 2.36. The van der Waals surface area contributed by atoms with Gasteiger partial charge in [-0.2, -0.15) is 13.2 Å². The zero-order valence-electron chi connectivity index (χ0n) is 8.81. The first-order valence-electron chi connectivity index (χ1n) is 5.20. The summed E-state index contributed by atoms with van der Waals surface area (Å²) in [4.78, 5) is 0. The second-order valence-corrected chi connectivity index (χ2v) is 4.49. The van der Waals surface area contributed by atoms with E-state index in [2.05, 4.69) is 5.32 Å². The Bertz CT molecular complexity index is 427. The number of hydrogen-bond donors (Lipinski definition) is 2. The maximum Gasteiger partial charge on any atom is 0.420 e. The average molecular weight is 266 g/mol. The summed E-state index contributed by atoms with van der Waals surface area (Å²) in [7, 11) is 0. The number of rotatable bonds is 1. The van der Waals surface area contributed by atoms with Gasteiger partial charge in [-0.15, -0.1) is 0 Å². The minimum Gasteiger partial charge on any atom is -0.506 e. The first-order chi connectivity index (χ1) is 7.89. The molecule has 94 valence electrons. The van der Waals surface area contributed by atoms with E-state index in [4.69, 9.17) is 11.6 Å². The molecule has 17 heavy (non-hydrogen) atoms. The van der Waals surface area contributed by atoms with Crippen LogP contribution in [0, 0.1) is 0 Å². The van der Waals surface area contributed by atoms with Crippen LogP contribution in [0.15, 0.2) is 12.1 Å². The van der Waals surface area contributed by atoms with E-state index in [1.807, 2.05) is 0 Å². The second kappa shape index (κ2) is 4.38. The standard InChI is InChI=1S/C11H11ClF3NO/c12-9-4-7(6-1-2-16-5-6)3-8(10(9)17)11(13,14)15/h3-4,6,16-17H,1-2,5H2. The van der Waals surface area contributed by atoms with E-state index < -0.39 is 17.5 Å². The van der Waals surface area contributed by atoms with Crippen molar-refractivity contribution >= 4 is 11.6 Å². The van der Waals surface area contributed by atoms with Gasteiger partial charge < -0.3 is 10.4 Å². The largest absolute Gasteiger partial charge is 0.506 e. The molecule has 6 heteroatoms. The van der Waals surface area contributed by atoms with Crippen LogP contribution in [-0.2, 0) is 6.18 Å². The molecule has 2 nitrogen and oxygen atoms in total. The topological polar surface area (TPSA) is 32.3 Å². The SMILES string of the molecule is Oc1c(Cl)cc(C2CCNC2)cc1C(F)(F)F. The van der Waals surface area contributed by atoms with Gasteiger partial charge in [-0.1, -0.05) is 11.6 Å². The third-order valence-corrected chi connectivity index (χ3v) is 3.21. The quantitative estimate of drug-likeness (QED) is 0.818. The van der Waals surface area contributed by atoms with Crippen molar-refractivity contribution in [2.75, 3.05) is 13.1 Å². The Hall–Kier alpha value is -0.940. The van der Waals surface area contributed by atoms with Crippen molar-refractivity contribution in [1.29, 1.82) is 0 Å². The average Bonchev–Trinajstić information content (AvgIpc) is 2.73. The molecule has 1 aromatic rings. The number of phenols is 1. The van der Waals surface area contributed by atoms with Gasteiger partial charge in [0.05, 0.1) is 10.6 Å². The first-order valence-corrected chi connectivity index (χ1v) is 5.57. The summed E-state index contributed by atoms with van der Waals surface area (Å²) in [6, 6.07) is 2.39. The number of nitrogens with one attached hydrogen (secondary N) is 1. The molecule has 0 radical (unpaired) electrons. The molecule has 1 fully saturated rings. The number of alkyl halides is 3. The summed E-state index contributed by atoms with van der Waals surface area (Å²) in [6.07, 6.45) is -3.81. The van der Waals surface area contributed by atoms with E-state index in [1.54, 1.807) is 0 Å². The molecule has 0 aliphatic carbocycles. The van der Waals surface area contributed by atoms with Gasteiger partial charge in [-0.25, -0.2) is 0 Å². The van der Waals surface area contributed by atoms with Gasteiger partial charge in [-0.05, 0) is 36.6 Å². The highest BCUT2D eigenvalue weighted by molar-refractivity contribution is 6.32. The number of phenolic OH excluding ortho intramolecular Hbond substituents is 1. The van der Waals surface area contributed by atoms with Crippen LogP contribution in [0.25, 0.3) is 0 Å². The maximum atomic E-state index is 12.7. The lowest BCUT2D eigenvalue weighted by molar-refractivity contribution is -0.138. The predicted octanol–water partition coefficient (Wildman–Crippen LogP) is 3.14. The fourth-order valence-electron chi connectivity index (χ4n) is 2.01.